The number of aromatic nitrogens is 1. The molecule has 0 saturated carbocycles. The van der Waals surface area contributed by atoms with Crippen LogP contribution in [0.5, 0.6) is 5.75 Å². The number of pyridine rings is 1. The van der Waals surface area contributed by atoms with Gasteiger partial charge in [-0.15, -0.1) is 0 Å². The molecule has 104 valence electrons. The molecule has 0 aliphatic carbocycles. The number of methoxy groups -OCH3 is 1. The van der Waals surface area contributed by atoms with Gasteiger partial charge in [0.05, 0.1) is 7.11 Å². The topological polar surface area (TPSA) is 51.2 Å². The number of nitrogens with one attached hydrogen (secondary N) is 1. The zero-order chi connectivity index (χ0) is 14.4. The van der Waals surface area contributed by atoms with Crippen LogP contribution in [0, 0.1) is 6.92 Å². The summed E-state index contributed by atoms with van der Waals surface area (Å²) in [5.41, 5.74) is 2.79. The monoisotopic (exact) mass is 270 g/mol. The van der Waals surface area contributed by atoms with Crippen molar-refractivity contribution in [2.75, 3.05) is 12.4 Å². The smallest absolute Gasteiger partial charge is 0.224 e. The summed E-state index contributed by atoms with van der Waals surface area (Å²) in [6, 6.07) is 11.4. The molecule has 2 rings (SSSR count). The lowest BCUT2D eigenvalue weighted by molar-refractivity contribution is -0.116. The molecule has 0 radical (unpaired) electrons. The Bertz CT molecular complexity index is 579. The second-order valence-corrected chi connectivity index (χ2v) is 4.58. The molecule has 1 N–H and O–H groups in total. The number of benzene rings is 1. The van der Waals surface area contributed by atoms with Gasteiger partial charge in [-0.1, -0.05) is 12.1 Å². The molecule has 0 bridgehead atoms. The van der Waals surface area contributed by atoms with Crippen LogP contribution >= 0.6 is 0 Å². The molecule has 1 aromatic heterocycles. The molecule has 0 atom stereocenters. The lowest BCUT2D eigenvalue weighted by Crippen LogP contribution is -2.12. The van der Waals surface area contributed by atoms with Crippen molar-refractivity contribution in [3.63, 3.8) is 0 Å². The van der Waals surface area contributed by atoms with Gasteiger partial charge in [-0.3, -0.25) is 9.78 Å². The number of ether oxygens (including phenoxy) is 1. The largest absolute Gasteiger partial charge is 0.497 e. The molecular formula is C16H18N2O2. The van der Waals surface area contributed by atoms with E-state index in [4.69, 9.17) is 4.74 Å². The van der Waals surface area contributed by atoms with Crippen LogP contribution in [0.25, 0.3) is 0 Å². The van der Waals surface area contributed by atoms with Gasteiger partial charge in [0.25, 0.3) is 0 Å². The van der Waals surface area contributed by atoms with Crippen LogP contribution in [0.3, 0.4) is 0 Å². The predicted octanol–water partition coefficient (Wildman–Crippen LogP) is 2.97. The molecule has 0 aliphatic rings. The van der Waals surface area contributed by atoms with E-state index in [0.717, 1.165) is 22.7 Å². The summed E-state index contributed by atoms with van der Waals surface area (Å²) in [4.78, 5) is 16.0. The molecular weight excluding hydrogens is 252 g/mol. The molecule has 0 saturated heterocycles. The first-order valence-corrected chi connectivity index (χ1v) is 6.53. The Morgan fingerprint density at radius 1 is 1.25 bits per heavy atom. The van der Waals surface area contributed by atoms with Gasteiger partial charge >= 0.3 is 0 Å². The van der Waals surface area contributed by atoms with Gasteiger partial charge in [-0.2, -0.15) is 0 Å². The minimum Gasteiger partial charge on any atom is -0.497 e. The first kappa shape index (κ1) is 14.1. The average molecular weight is 270 g/mol. The van der Waals surface area contributed by atoms with E-state index in [1.54, 1.807) is 19.4 Å². The molecule has 1 amide bonds. The van der Waals surface area contributed by atoms with E-state index in [0.29, 0.717) is 12.8 Å². The van der Waals surface area contributed by atoms with Crippen molar-refractivity contribution < 1.29 is 9.53 Å². The zero-order valence-corrected chi connectivity index (χ0v) is 11.7. The first-order valence-electron chi connectivity index (χ1n) is 6.53. The van der Waals surface area contributed by atoms with Crippen LogP contribution in [0.15, 0.2) is 42.6 Å². The van der Waals surface area contributed by atoms with Gasteiger partial charge in [0, 0.05) is 24.0 Å². The SMILES string of the molecule is COc1ccc(CCC(=O)Nc2ccnc(C)c2)cc1. The summed E-state index contributed by atoms with van der Waals surface area (Å²) < 4.78 is 5.10. The van der Waals surface area contributed by atoms with E-state index in [2.05, 4.69) is 10.3 Å². The second kappa shape index (κ2) is 6.70. The number of hydrogen-bond donors (Lipinski definition) is 1. The summed E-state index contributed by atoms with van der Waals surface area (Å²) in [5, 5.41) is 2.87. The fraction of sp³-hybridized carbons (Fsp3) is 0.250. The van der Waals surface area contributed by atoms with Crippen LogP contribution in [0.4, 0.5) is 5.69 Å². The number of carbonyl (C=O) groups is 1. The van der Waals surface area contributed by atoms with Crippen LogP contribution < -0.4 is 10.1 Å². The van der Waals surface area contributed by atoms with E-state index in [-0.39, 0.29) is 5.91 Å². The summed E-state index contributed by atoms with van der Waals surface area (Å²) in [7, 11) is 1.64. The number of aryl methyl sites for hydroxylation is 2. The summed E-state index contributed by atoms with van der Waals surface area (Å²) in [5.74, 6) is 0.830. The average Bonchev–Trinajstić information content (AvgIpc) is 2.46. The Morgan fingerprint density at radius 2 is 2.00 bits per heavy atom. The third kappa shape index (κ3) is 4.09. The molecule has 4 heteroatoms. The Kier molecular flexibility index (Phi) is 4.71. The minimum absolute atomic E-state index is 0.00594. The zero-order valence-electron chi connectivity index (χ0n) is 11.7. The fourth-order valence-electron chi connectivity index (χ4n) is 1.90. The number of amides is 1. The van der Waals surface area contributed by atoms with Crippen molar-refractivity contribution in [3.8, 4) is 5.75 Å². The Hall–Kier alpha value is -2.36. The van der Waals surface area contributed by atoms with Crippen molar-refractivity contribution in [2.24, 2.45) is 0 Å². The second-order valence-electron chi connectivity index (χ2n) is 4.58. The van der Waals surface area contributed by atoms with Crippen LogP contribution in [0.2, 0.25) is 0 Å². The quantitative estimate of drug-likeness (QED) is 0.908. The van der Waals surface area contributed by atoms with E-state index in [1.165, 1.54) is 0 Å². The lowest BCUT2D eigenvalue weighted by Gasteiger charge is -2.06. The predicted molar refractivity (Wildman–Crippen MR) is 78.9 cm³/mol. The minimum atomic E-state index is 0.00594. The Morgan fingerprint density at radius 3 is 2.65 bits per heavy atom. The maximum atomic E-state index is 11.9. The number of rotatable bonds is 5. The van der Waals surface area contributed by atoms with E-state index < -0.39 is 0 Å². The molecule has 0 spiro atoms. The summed E-state index contributed by atoms with van der Waals surface area (Å²) >= 11 is 0. The number of carbonyl (C=O) groups excluding carboxylic acids is 1. The molecule has 1 aromatic carbocycles. The normalized spacial score (nSPS) is 10.1. The number of hydrogen-bond acceptors (Lipinski definition) is 3. The summed E-state index contributed by atoms with van der Waals surface area (Å²) in [6.45, 7) is 1.90. The third-order valence-corrected chi connectivity index (χ3v) is 2.98. The van der Waals surface area contributed by atoms with Crippen LogP contribution in [-0.2, 0) is 11.2 Å². The van der Waals surface area contributed by atoms with Crippen molar-refractivity contribution >= 4 is 11.6 Å². The molecule has 2 aromatic rings. The van der Waals surface area contributed by atoms with Gasteiger partial charge < -0.3 is 10.1 Å². The van der Waals surface area contributed by atoms with Crippen molar-refractivity contribution in [3.05, 3.63) is 53.9 Å². The molecule has 0 fully saturated rings. The fourth-order valence-corrected chi connectivity index (χ4v) is 1.90. The van der Waals surface area contributed by atoms with Gasteiger partial charge in [-0.25, -0.2) is 0 Å². The standard InChI is InChI=1S/C16H18N2O2/c1-12-11-14(9-10-17-12)18-16(19)8-5-13-3-6-15(20-2)7-4-13/h3-4,6-7,9-11H,5,8H2,1-2H3,(H,17,18,19). The first-order chi connectivity index (χ1) is 9.67. The van der Waals surface area contributed by atoms with E-state index in [1.807, 2.05) is 37.3 Å². The lowest BCUT2D eigenvalue weighted by atomic mass is 10.1. The van der Waals surface area contributed by atoms with Crippen molar-refractivity contribution in [1.82, 2.24) is 4.98 Å². The molecule has 0 aliphatic heterocycles. The maximum absolute atomic E-state index is 11.9. The third-order valence-electron chi connectivity index (χ3n) is 2.98. The Labute approximate surface area is 118 Å². The van der Waals surface area contributed by atoms with Crippen molar-refractivity contribution in [2.45, 2.75) is 19.8 Å². The highest BCUT2D eigenvalue weighted by molar-refractivity contribution is 5.90. The highest BCUT2D eigenvalue weighted by atomic mass is 16.5. The molecule has 1 heterocycles. The van der Waals surface area contributed by atoms with Crippen LogP contribution in [-0.4, -0.2) is 18.0 Å². The summed E-state index contributed by atoms with van der Waals surface area (Å²) in [6.07, 6.45) is 2.85. The van der Waals surface area contributed by atoms with Crippen LogP contribution in [0.1, 0.15) is 17.7 Å². The van der Waals surface area contributed by atoms with Gasteiger partial charge in [-0.05, 0) is 43.2 Å². The number of nitrogens with zero attached hydrogens (tertiary/aromatic N) is 1. The highest BCUT2D eigenvalue weighted by Gasteiger charge is 2.04. The molecule has 4 nitrogen and oxygen atoms in total. The Balaban J connectivity index is 1.85. The molecule has 0 unspecified atom stereocenters. The van der Waals surface area contributed by atoms with Gasteiger partial charge in [0.15, 0.2) is 0 Å². The van der Waals surface area contributed by atoms with Gasteiger partial charge in [0.2, 0.25) is 5.91 Å². The van der Waals surface area contributed by atoms with E-state index in [9.17, 15) is 4.79 Å². The van der Waals surface area contributed by atoms with E-state index >= 15 is 0 Å². The van der Waals surface area contributed by atoms with Crippen molar-refractivity contribution in [1.29, 1.82) is 0 Å². The molecule has 20 heavy (non-hydrogen) atoms. The number of anilines is 1. The van der Waals surface area contributed by atoms with Gasteiger partial charge in [0.1, 0.15) is 5.75 Å². The maximum Gasteiger partial charge on any atom is 0.224 e. The highest BCUT2D eigenvalue weighted by Crippen LogP contribution is 2.13.